The minimum Gasteiger partial charge on any atom is -0.477 e. The number of carboxylic acid groups (broad SMARTS) is 1. The molecule has 0 bridgehead atoms. The highest BCUT2D eigenvalue weighted by Gasteiger charge is 2.65. The Morgan fingerprint density at radius 1 is 0.867 bits per heavy atom. The normalized spacial score (nSPS) is 45.2. The van der Waals surface area contributed by atoms with Crippen LogP contribution in [0.4, 0.5) is 0 Å². The van der Waals surface area contributed by atoms with Gasteiger partial charge in [-0.2, -0.15) is 0 Å². The molecule has 6 heteroatoms. The van der Waals surface area contributed by atoms with Crippen LogP contribution in [0.5, 0.6) is 0 Å². The van der Waals surface area contributed by atoms with E-state index in [0.717, 1.165) is 37.5 Å². The van der Waals surface area contributed by atoms with E-state index in [0.29, 0.717) is 17.3 Å². The van der Waals surface area contributed by atoms with Crippen LogP contribution in [0.25, 0.3) is 0 Å². The van der Waals surface area contributed by atoms with Gasteiger partial charge in [0.2, 0.25) is 5.79 Å². The van der Waals surface area contributed by atoms with Gasteiger partial charge in [-0.25, -0.2) is 4.79 Å². The van der Waals surface area contributed by atoms with E-state index in [-0.39, 0.29) is 11.3 Å². The van der Waals surface area contributed by atoms with Crippen LogP contribution < -0.4 is 0 Å². The second kappa shape index (κ2) is 7.16. The number of fused-ring (bicyclic) bond motifs is 5. The van der Waals surface area contributed by atoms with Gasteiger partial charge in [0, 0.05) is 5.92 Å². The van der Waals surface area contributed by atoms with E-state index in [1.165, 1.54) is 38.5 Å². The molecule has 8 atom stereocenters. The number of carboxylic acids is 1. The molecular formula is C24H40O6. The quantitative estimate of drug-likeness (QED) is 0.443. The van der Waals surface area contributed by atoms with E-state index < -0.39 is 23.5 Å². The van der Waals surface area contributed by atoms with Crippen molar-refractivity contribution in [3.8, 4) is 0 Å². The van der Waals surface area contributed by atoms with Gasteiger partial charge in [0.25, 0.3) is 0 Å². The first-order valence-corrected chi connectivity index (χ1v) is 12.0. The van der Waals surface area contributed by atoms with Gasteiger partial charge >= 0.3 is 11.8 Å². The zero-order valence-corrected chi connectivity index (χ0v) is 18.7. The van der Waals surface area contributed by atoms with Gasteiger partial charge in [-0.05, 0) is 91.8 Å². The first-order chi connectivity index (χ1) is 13.9. The minimum absolute atomic E-state index is 0.135. The van der Waals surface area contributed by atoms with E-state index in [9.17, 15) is 25.2 Å². The van der Waals surface area contributed by atoms with Crippen molar-refractivity contribution in [3.63, 3.8) is 0 Å². The molecule has 6 nitrogen and oxygen atoms in total. The zero-order chi connectivity index (χ0) is 22.1. The zero-order valence-electron chi connectivity index (χ0n) is 18.7. The molecule has 0 aromatic heterocycles. The first-order valence-electron chi connectivity index (χ1n) is 12.0. The maximum absolute atomic E-state index is 11.3. The third-order valence-corrected chi connectivity index (χ3v) is 10.7. The van der Waals surface area contributed by atoms with Crippen LogP contribution >= 0.6 is 0 Å². The summed E-state index contributed by atoms with van der Waals surface area (Å²) in [5.74, 6) is -7.16. The third kappa shape index (κ3) is 2.93. The van der Waals surface area contributed by atoms with Gasteiger partial charge in [0.1, 0.15) is 0 Å². The maximum Gasteiger partial charge on any atom is 0.370 e. The lowest BCUT2D eigenvalue weighted by Gasteiger charge is -2.61. The Hall–Kier alpha value is -0.690. The van der Waals surface area contributed by atoms with Crippen molar-refractivity contribution in [1.82, 2.24) is 0 Å². The third-order valence-electron chi connectivity index (χ3n) is 10.7. The SMILES string of the molecule is C[C@@H]([C@H]1CC[C@H]2[C@@H]3CC[C@@H]4CCCC[C@]4(C)[C@H]3CC[C@]12C)C(O)(O)C(O)(O)C(=O)O. The number of aliphatic carboxylic acids is 1. The second-order valence-electron chi connectivity index (χ2n) is 11.6. The molecule has 0 heterocycles. The molecule has 0 aromatic carbocycles. The summed E-state index contributed by atoms with van der Waals surface area (Å²) in [5, 5.41) is 50.1. The molecule has 0 radical (unpaired) electrons. The lowest BCUT2D eigenvalue weighted by Crippen LogP contribution is -2.65. The fraction of sp³-hybridized carbons (Fsp3) is 0.958. The molecule has 0 aromatic rings. The molecule has 4 aliphatic rings. The molecule has 4 saturated carbocycles. The molecule has 0 unspecified atom stereocenters. The molecule has 4 aliphatic carbocycles. The van der Waals surface area contributed by atoms with E-state index in [1.807, 2.05) is 0 Å². The van der Waals surface area contributed by atoms with Crippen molar-refractivity contribution in [3.05, 3.63) is 0 Å². The summed E-state index contributed by atoms with van der Waals surface area (Å²) in [6, 6.07) is 0. The molecule has 0 saturated heterocycles. The molecule has 0 spiro atoms. The lowest BCUT2D eigenvalue weighted by atomic mass is 9.44. The standard InChI is InChI=1S/C24H40O6/c1-14(23(27,28)24(29,30)20(25)26)17-9-10-18-16-8-7-15-6-4-5-12-21(15,2)19(16)11-13-22(17,18)3/h14-19,27-30H,4-13H2,1-3H3,(H,25,26)/t14-,15-,16-,17+,18-,19-,21-,22+/m0/s1. The minimum atomic E-state index is -3.59. The van der Waals surface area contributed by atoms with Gasteiger partial charge in [-0.3, -0.25) is 0 Å². The summed E-state index contributed by atoms with van der Waals surface area (Å²) < 4.78 is 0. The van der Waals surface area contributed by atoms with E-state index in [4.69, 9.17) is 5.11 Å². The molecule has 30 heavy (non-hydrogen) atoms. The smallest absolute Gasteiger partial charge is 0.370 e. The molecule has 4 rings (SSSR count). The summed E-state index contributed by atoms with van der Waals surface area (Å²) in [6.07, 6.45) is 11.8. The second-order valence-corrected chi connectivity index (χ2v) is 11.6. The van der Waals surface area contributed by atoms with Crippen LogP contribution in [-0.4, -0.2) is 43.1 Å². The molecular weight excluding hydrogens is 384 g/mol. The largest absolute Gasteiger partial charge is 0.477 e. The molecule has 0 amide bonds. The van der Waals surface area contributed by atoms with Crippen LogP contribution in [0, 0.1) is 46.3 Å². The number of rotatable bonds is 4. The Labute approximate surface area is 179 Å². The van der Waals surface area contributed by atoms with E-state index >= 15 is 0 Å². The van der Waals surface area contributed by atoms with Gasteiger partial charge in [0.05, 0.1) is 0 Å². The molecule has 5 N–H and O–H groups in total. The van der Waals surface area contributed by atoms with Crippen molar-refractivity contribution in [2.75, 3.05) is 0 Å². The lowest BCUT2D eigenvalue weighted by molar-refractivity contribution is -0.369. The average molecular weight is 425 g/mol. The Kier molecular flexibility index (Phi) is 5.37. The molecule has 172 valence electrons. The Bertz CT molecular complexity index is 689. The van der Waals surface area contributed by atoms with Crippen molar-refractivity contribution >= 4 is 5.97 Å². The maximum atomic E-state index is 11.3. The van der Waals surface area contributed by atoms with Gasteiger partial charge < -0.3 is 25.5 Å². The summed E-state index contributed by atoms with van der Waals surface area (Å²) in [7, 11) is 0. The Morgan fingerprint density at radius 3 is 2.20 bits per heavy atom. The predicted octanol–water partition coefficient (Wildman–Crippen LogP) is 3.12. The fourth-order valence-electron chi connectivity index (χ4n) is 8.91. The van der Waals surface area contributed by atoms with E-state index in [2.05, 4.69) is 13.8 Å². The van der Waals surface area contributed by atoms with Gasteiger partial charge in [-0.15, -0.1) is 0 Å². The molecule has 0 aliphatic heterocycles. The van der Waals surface area contributed by atoms with Gasteiger partial charge in [-0.1, -0.05) is 33.6 Å². The number of hydrogen-bond acceptors (Lipinski definition) is 5. The number of hydrogen-bond donors (Lipinski definition) is 5. The van der Waals surface area contributed by atoms with E-state index in [1.54, 1.807) is 6.92 Å². The highest BCUT2D eigenvalue weighted by Crippen LogP contribution is 2.68. The summed E-state index contributed by atoms with van der Waals surface area (Å²) >= 11 is 0. The van der Waals surface area contributed by atoms with Crippen molar-refractivity contribution in [2.45, 2.75) is 96.6 Å². The monoisotopic (exact) mass is 424 g/mol. The number of carbonyl (C=O) groups is 1. The van der Waals surface area contributed by atoms with Crippen molar-refractivity contribution in [1.29, 1.82) is 0 Å². The Balaban J connectivity index is 1.59. The predicted molar refractivity (Wildman–Crippen MR) is 111 cm³/mol. The van der Waals surface area contributed by atoms with Crippen molar-refractivity contribution in [2.24, 2.45) is 46.3 Å². The van der Waals surface area contributed by atoms with Crippen LogP contribution in [-0.2, 0) is 4.79 Å². The van der Waals surface area contributed by atoms with Crippen LogP contribution in [0.3, 0.4) is 0 Å². The van der Waals surface area contributed by atoms with Gasteiger partial charge in [0.15, 0.2) is 0 Å². The summed E-state index contributed by atoms with van der Waals surface area (Å²) in [4.78, 5) is 11.3. The number of aliphatic hydroxyl groups is 4. The van der Waals surface area contributed by atoms with Crippen LogP contribution in [0.1, 0.15) is 85.0 Å². The van der Waals surface area contributed by atoms with Crippen LogP contribution in [0.15, 0.2) is 0 Å². The summed E-state index contributed by atoms with van der Waals surface area (Å²) in [6.45, 7) is 6.31. The molecule has 4 fully saturated rings. The highest BCUT2D eigenvalue weighted by molar-refractivity contribution is 5.76. The highest BCUT2D eigenvalue weighted by atomic mass is 16.6. The topological polar surface area (TPSA) is 118 Å². The van der Waals surface area contributed by atoms with Crippen molar-refractivity contribution < 1.29 is 30.3 Å². The average Bonchev–Trinajstić information content (AvgIpc) is 3.03. The summed E-state index contributed by atoms with van der Waals surface area (Å²) in [5.41, 5.74) is 0.294. The van der Waals surface area contributed by atoms with Crippen LogP contribution in [0.2, 0.25) is 0 Å². The fourth-order valence-corrected chi connectivity index (χ4v) is 8.91. The Morgan fingerprint density at radius 2 is 1.53 bits per heavy atom. The first kappa shape index (κ1) is 22.5.